The number of hydrogen-bond donors (Lipinski definition) is 0. The van der Waals surface area contributed by atoms with Gasteiger partial charge in [-0.15, -0.1) is 0 Å². The Morgan fingerprint density at radius 2 is 0.975 bits per heavy atom. The number of para-hydroxylation sites is 1. The minimum absolute atomic E-state index is 0.632. The van der Waals surface area contributed by atoms with E-state index < -0.39 is 0 Å². The highest BCUT2D eigenvalue weighted by Crippen LogP contribution is 2.46. The summed E-state index contributed by atoms with van der Waals surface area (Å²) in [4.78, 5) is 0. The lowest BCUT2D eigenvalue weighted by Gasteiger charge is -2.19. The third kappa shape index (κ3) is 3.49. The normalized spacial score (nSPS) is 11.6. The average molecular weight is 531 g/mol. The van der Waals surface area contributed by atoms with E-state index in [4.69, 9.17) is 16.0 Å². The minimum Gasteiger partial charge on any atom is -0.454 e. The molecule has 188 valence electrons. The summed E-state index contributed by atoms with van der Waals surface area (Å²) in [6.45, 7) is 0. The largest absolute Gasteiger partial charge is 0.454 e. The van der Waals surface area contributed by atoms with Gasteiger partial charge in [0.2, 0.25) is 0 Å². The number of halogens is 1. The number of fused-ring (bicyclic) bond motifs is 5. The molecule has 0 atom stereocenters. The maximum atomic E-state index is 6.48. The molecule has 1 nitrogen and oxygen atoms in total. The third-order valence-electron chi connectivity index (χ3n) is 7.95. The molecule has 0 spiro atoms. The fourth-order valence-corrected chi connectivity index (χ4v) is 6.43. The van der Waals surface area contributed by atoms with Crippen molar-refractivity contribution in [3.8, 4) is 33.4 Å². The summed E-state index contributed by atoms with van der Waals surface area (Å²) in [5, 5.41) is 7.66. The highest BCUT2D eigenvalue weighted by atomic mass is 35.5. The zero-order valence-corrected chi connectivity index (χ0v) is 22.3. The van der Waals surface area contributed by atoms with Crippen LogP contribution in [0.25, 0.3) is 76.9 Å². The molecule has 2 heteroatoms. The zero-order chi connectivity index (χ0) is 26.6. The Balaban J connectivity index is 1.48. The lowest BCUT2D eigenvalue weighted by Crippen LogP contribution is -1.92. The lowest BCUT2D eigenvalue weighted by atomic mass is 9.83. The van der Waals surface area contributed by atoms with Gasteiger partial charge in [0.1, 0.15) is 5.58 Å². The van der Waals surface area contributed by atoms with Gasteiger partial charge < -0.3 is 4.42 Å². The average Bonchev–Trinajstić information content (AvgIpc) is 3.39. The van der Waals surface area contributed by atoms with E-state index in [0.29, 0.717) is 5.02 Å². The van der Waals surface area contributed by atoms with Gasteiger partial charge in [-0.25, -0.2) is 0 Å². The maximum absolute atomic E-state index is 6.48. The molecular weight excluding hydrogens is 508 g/mol. The molecule has 1 aromatic heterocycles. The fourth-order valence-electron chi connectivity index (χ4n) is 6.22. The van der Waals surface area contributed by atoms with Crippen molar-refractivity contribution in [2.45, 2.75) is 0 Å². The smallest absolute Gasteiger partial charge is 0.153 e. The van der Waals surface area contributed by atoms with E-state index in [0.717, 1.165) is 27.5 Å². The highest BCUT2D eigenvalue weighted by Gasteiger charge is 2.19. The molecule has 0 bridgehead atoms. The third-order valence-corrected chi connectivity index (χ3v) is 8.25. The Hall–Kier alpha value is -4.85. The molecule has 0 N–H and O–H groups in total. The van der Waals surface area contributed by atoms with E-state index in [-0.39, 0.29) is 0 Å². The van der Waals surface area contributed by atoms with Gasteiger partial charge in [0.15, 0.2) is 5.58 Å². The van der Waals surface area contributed by atoms with Gasteiger partial charge in [0.25, 0.3) is 0 Å². The van der Waals surface area contributed by atoms with Gasteiger partial charge in [0, 0.05) is 10.8 Å². The van der Waals surface area contributed by atoms with Crippen LogP contribution in [0.15, 0.2) is 144 Å². The second-order valence-corrected chi connectivity index (χ2v) is 10.6. The minimum atomic E-state index is 0.632. The fraction of sp³-hybridized carbons (Fsp3) is 0. The van der Waals surface area contributed by atoms with Gasteiger partial charge in [-0.2, -0.15) is 0 Å². The number of rotatable bonds is 3. The molecule has 0 aliphatic carbocycles. The molecule has 0 aliphatic heterocycles. The molecule has 8 rings (SSSR count). The quantitative estimate of drug-likeness (QED) is 0.207. The molecule has 0 saturated heterocycles. The first-order valence-corrected chi connectivity index (χ1v) is 13.8. The molecule has 0 aliphatic rings. The van der Waals surface area contributed by atoms with Crippen molar-refractivity contribution >= 4 is 55.1 Å². The van der Waals surface area contributed by atoms with Crippen LogP contribution in [-0.2, 0) is 0 Å². The second-order valence-electron chi connectivity index (χ2n) is 10.2. The standard InChI is InChI=1S/C38H23ClO/c39-34-20-10-19-32-33-23-25(21-22-35(33)40-38(32)34)36-28-15-6-8-17-30(28)37(31-18-9-7-16-29(31)36)27-14-5-4-13-26(27)24-11-2-1-3-12-24/h1-23H. The summed E-state index contributed by atoms with van der Waals surface area (Å²) in [5.41, 5.74) is 8.90. The van der Waals surface area contributed by atoms with Crippen molar-refractivity contribution in [1.29, 1.82) is 0 Å². The molecule has 40 heavy (non-hydrogen) atoms. The van der Waals surface area contributed by atoms with Crippen molar-refractivity contribution in [3.63, 3.8) is 0 Å². The summed E-state index contributed by atoms with van der Waals surface area (Å²) >= 11 is 6.48. The molecule has 7 aromatic carbocycles. The first-order valence-electron chi connectivity index (χ1n) is 13.5. The zero-order valence-electron chi connectivity index (χ0n) is 21.6. The van der Waals surface area contributed by atoms with Crippen LogP contribution in [0.1, 0.15) is 0 Å². The molecule has 0 fully saturated rings. The van der Waals surface area contributed by atoms with Crippen LogP contribution >= 0.6 is 11.6 Å². The van der Waals surface area contributed by atoms with Crippen LogP contribution in [0, 0.1) is 0 Å². The van der Waals surface area contributed by atoms with Crippen LogP contribution < -0.4 is 0 Å². The monoisotopic (exact) mass is 530 g/mol. The Bertz CT molecular complexity index is 2170. The molecular formula is C38H23ClO. The van der Waals surface area contributed by atoms with E-state index in [1.54, 1.807) is 0 Å². The van der Waals surface area contributed by atoms with E-state index >= 15 is 0 Å². The van der Waals surface area contributed by atoms with Crippen LogP contribution in [-0.4, -0.2) is 0 Å². The van der Waals surface area contributed by atoms with Crippen molar-refractivity contribution in [3.05, 3.63) is 145 Å². The number of furan rings is 1. The van der Waals surface area contributed by atoms with Crippen LogP contribution in [0.4, 0.5) is 0 Å². The van der Waals surface area contributed by atoms with Crippen LogP contribution in [0.3, 0.4) is 0 Å². The van der Waals surface area contributed by atoms with Gasteiger partial charge in [-0.1, -0.05) is 133 Å². The maximum Gasteiger partial charge on any atom is 0.153 e. The molecule has 0 saturated carbocycles. The van der Waals surface area contributed by atoms with Crippen LogP contribution in [0.5, 0.6) is 0 Å². The predicted octanol–water partition coefficient (Wildman–Crippen LogP) is 11.5. The van der Waals surface area contributed by atoms with E-state index in [1.807, 2.05) is 12.1 Å². The SMILES string of the molecule is Clc1cccc2c1oc1ccc(-c3c4ccccc4c(-c4ccccc4-c4ccccc4)c4ccccc34)cc12. The predicted molar refractivity (Wildman–Crippen MR) is 170 cm³/mol. The Kier molecular flexibility index (Phi) is 5.26. The topological polar surface area (TPSA) is 13.1 Å². The van der Waals surface area contributed by atoms with Gasteiger partial charge >= 0.3 is 0 Å². The summed E-state index contributed by atoms with van der Waals surface area (Å²) in [6.07, 6.45) is 0. The van der Waals surface area contributed by atoms with E-state index in [9.17, 15) is 0 Å². The molecule has 8 aromatic rings. The number of hydrogen-bond acceptors (Lipinski definition) is 1. The summed E-state index contributed by atoms with van der Waals surface area (Å²) in [6, 6.07) is 49.4. The Morgan fingerprint density at radius 3 is 1.68 bits per heavy atom. The van der Waals surface area contributed by atoms with Crippen molar-refractivity contribution in [1.82, 2.24) is 0 Å². The first kappa shape index (κ1) is 23.1. The van der Waals surface area contributed by atoms with Crippen molar-refractivity contribution < 1.29 is 4.42 Å². The summed E-state index contributed by atoms with van der Waals surface area (Å²) in [7, 11) is 0. The lowest BCUT2D eigenvalue weighted by molar-refractivity contribution is 0.669. The van der Waals surface area contributed by atoms with Gasteiger partial charge in [-0.05, 0) is 73.1 Å². The molecule has 0 radical (unpaired) electrons. The van der Waals surface area contributed by atoms with Crippen molar-refractivity contribution in [2.75, 3.05) is 0 Å². The molecule has 0 amide bonds. The second kappa shape index (κ2) is 9.12. The molecule has 1 heterocycles. The summed E-state index contributed by atoms with van der Waals surface area (Å²) < 4.78 is 6.15. The highest BCUT2D eigenvalue weighted by molar-refractivity contribution is 6.36. The molecule has 0 unspecified atom stereocenters. The number of benzene rings is 7. The van der Waals surface area contributed by atoms with Gasteiger partial charge in [0.05, 0.1) is 5.02 Å². The van der Waals surface area contributed by atoms with Gasteiger partial charge in [-0.3, -0.25) is 0 Å². The Labute approximate surface area is 236 Å². The first-order chi connectivity index (χ1) is 19.8. The van der Waals surface area contributed by atoms with E-state index in [2.05, 4.69) is 127 Å². The Morgan fingerprint density at radius 1 is 0.400 bits per heavy atom. The van der Waals surface area contributed by atoms with E-state index in [1.165, 1.54) is 49.4 Å². The summed E-state index contributed by atoms with van der Waals surface area (Å²) in [5.74, 6) is 0. The van der Waals surface area contributed by atoms with Crippen molar-refractivity contribution in [2.24, 2.45) is 0 Å². The van der Waals surface area contributed by atoms with Crippen LogP contribution in [0.2, 0.25) is 5.02 Å².